The maximum absolute atomic E-state index is 12.8. The van der Waals surface area contributed by atoms with Crippen LogP contribution in [0.5, 0.6) is 0 Å². The third-order valence-corrected chi connectivity index (χ3v) is 4.88. The topological polar surface area (TPSA) is 107 Å². The van der Waals surface area contributed by atoms with Crippen LogP contribution in [0.15, 0.2) is 66.7 Å². The molecule has 1 N–H and O–H groups in total. The minimum Gasteiger partial charge on any atom is -0.545 e. The van der Waals surface area contributed by atoms with Gasteiger partial charge in [0.25, 0.3) is 17.7 Å². The molecular weight excluding hydrogens is 408 g/mol. The lowest BCUT2D eigenvalue weighted by molar-refractivity contribution is -0.254. The number of carboxylic acids is 1. The number of halogens is 1. The van der Waals surface area contributed by atoms with Crippen molar-refractivity contribution in [1.82, 2.24) is 0 Å². The molecule has 3 aromatic rings. The Hall–Kier alpha value is -3.97. The molecule has 0 fully saturated rings. The van der Waals surface area contributed by atoms with Crippen LogP contribution in [0.4, 0.5) is 11.4 Å². The highest BCUT2D eigenvalue weighted by molar-refractivity contribution is 6.35. The van der Waals surface area contributed by atoms with Gasteiger partial charge in [-0.15, -0.1) is 0 Å². The molecule has 0 unspecified atom stereocenters. The fourth-order valence-corrected chi connectivity index (χ4v) is 3.30. The average Bonchev–Trinajstić information content (AvgIpc) is 2.99. The van der Waals surface area contributed by atoms with Crippen molar-refractivity contribution in [3.8, 4) is 0 Å². The van der Waals surface area contributed by atoms with Crippen molar-refractivity contribution in [3.63, 3.8) is 0 Å². The van der Waals surface area contributed by atoms with Crippen molar-refractivity contribution in [2.45, 2.75) is 0 Å². The van der Waals surface area contributed by atoms with Gasteiger partial charge in [-0.3, -0.25) is 14.4 Å². The quantitative estimate of drug-likeness (QED) is 0.654. The lowest BCUT2D eigenvalue weighted by Crippen LogP contribution is -2.29. The Balaban J connectivity index is 1.64. The van der Waals surface area contributed by atoms with Gasteiger partial charge < -0.3 is 15.2 Å². The van der Waals surface area contributed by atoms with Gasteiger partial charge in [-0.1, -0.05) is 29.8 Å². The van der Waals surface area contributed by atoms with Crippen LogP contribution in [-0.4, -0.2) is 23.7 Å². The molecule has 148 valence electrons. The predicted octanol–water partition coefficient (Wildman–Crippen LogP) is 2.76. The summed E-state index contributed by atoms with van der Waals surface area (Å²) < 4.78 is 0. The monoisotopic (exact) mass is 419 g/mol. The summed E-state index contributed by atoms with van der Waals surface area (Å²) >= 11 is 5.86. The molecule has 0 aliphatic carbocycles. The fraction of sp³-hybridized carbons (Fsp3) is 0. The van der Waals surface area contributed by atoms with Crippen LogP contribution in [0.1, 0.15) is 41.4 Å². The van der Waals surface area contributed by atoms with Gasteiger partial charge in [0.2, 0.25) is 0 Å². The van der Waals surface area contributed by atoms with E-state index in [1.165, 1.54) is 36.4 Å². The molecule has 3 aromatic carbocycles. The molecule has 4 rings (SSSR count). The number of carbonyl (C=O) groups is 4. The zero-order chi connectivity index (χ0) is 21.4. The summed E-state index contributed by atoms with van der Waals surface area (Å²) in [5, 5.41) is 14.2. The number of anilines is 2. The lowest BCUT2D eigenvalue weighted by Gasteiger charge is -2.13. The first-order valence-corrected chi connectivity index (χ1v) is 9.15. The first-order chi connectivity index (χ1) is 14.4. The molecule has 7 nitrogen and oxygen atoms in total. The van der Waals surface area contributed by atoms with Gasteiger partial charge in [0.1, 0.15) is 0 Å². The molecule has 0 aromatic heterocycles. The molecule has 1 aliphatic rings. The molecule has 1 heterocycles. The highest BCUT2D eigenvalue weighted by atomic mass is 35.5. The van der Waals surface area contributed by atoms with E-state index in [-0.39, 0.29) is 27.9 Å². The molecule has 0 radical (unpaired) electrons. The Labute approximate surface area is 175 Å². The fourth-order valence-electron chi connectivity index (χ4n) is 3.17. The van der Waals surface area contributed by atoms with Gasteiger partial charge in [-0.05, 0) is 48.5 Å². The lowest BCUT2D eigenvalue weighted by atomic mass is 10.0. The summed E-state index contributed by atoms with van der Waals surface area (Å²) in [6.07, 6.45) is 0. The summed E-state index contributed by atoms with van der Waals surface area (Å²) in [4.78, 5) is 50.3. The van der Waals surface area contributed by atoms with Gasteiger partial charge in [-0.25, -0.2) is 4.90 Å². The number of para-hydroxylation sites is 1. The van der Waals surface area contributed by atoms with Gasteiger partial charge in [-0.2, -0.15) is 0 Å². The molecule has 1 aliphatic heterocycles. The van der Waals surface area contributed by atoms with Crippen LogP contribution in [0.3, 0.4) is 0 Å². The number of fused-ring (bicyclic) bond motifs is 1. The van der Waals surface area contributed by atoms with E-state index in [9.17, 15) is 24.3 Å². The largest absolute Gasteiger partial charge is 0.545 e. The van der Waals surface area contributed by atoms with Crippen molar-refractivity contribution >= 4 is 46.7 Å². The van der Waals surface area contributed by atoms with Gasteiger partial charge in [0, 0.05) is 16.1 Å². The molecule has 0 spiro atoms. The minimum absolute atomic E-state index is 0.0631. The first kappa shape index (κ1) is 19.4. The van der Waals surface area contributed by atoms with Gasteiger partial charge >= 0.3 is 0 Å². The highest BCUT2D eigenvalue weighted by Gasteiger charge is 2.37. The van der Waals surface area contributed by atoms with E-state index in [1.807, 2.05) is 0 Å². The van der Waals surface area contributed by atoms with Crippen LogP contribution in [0.2, 0.25) is 5.02 Å². The van der Waals surface area contributed by atoms with Crippen LogP contribution < -0.4 is 15.3 Å². The maximum Gasteiger partial charge on any atom is 0.266 e. The third-order valence-electron chi connectivity index (χ3n) is 4.63. The third kappa shape index (κ3) is 3.31. The summed E-state index contributed by atoms with van der Waals surface area (Å²) in [6, 6.07) is 16.1. The minimum atomic E-state index is -1.43. The van der Waals surface area contributed by atoms with Crippen molar-refractivity contribution in [2.24, 2.45) is 0 Å². The van der Waals surface area contributed by atoms with Crippen molar-refractivity contribution in [2.75, 3.05) is 10.2 Å². The van der Waals surface area contributed by atoms with Crippen LogP contribution in [0, 0.1) is 0 Å². The molecular formula is C22H12ClN2O5-. The number of nitrogens with one attached hydrogen (secondary N) is 1. The number of hydrogen-bond donors (Lipinski definition) is 1. The zero-order valence-corrected chi connectivity index (χ0v) is 16.0. The Morgan fingerprint density at radius 3 is 2.23 bits per heavy atom. The SMILES string of the molecule is O=C(Nc1ccccc1C(=O)[O-])c1ccc2c(c1)C(=O)N(c1ccc(Cl)cc1)C2=O. The second-order valence-electron chi connectivity index (χ2n) is 6.47. The van der Waals surface area contributed by atoms with Crippen molar-refractivity contribution < 1.29 is 24.3 Å². The Bertz CT molecular complexity index is 1220. The number of rotatable bonds is 4. The number of carbonyl (C=O) groups excluding carboxylic acids is 4. The first-order valence-electron chi connectivity index (χ1n) is 8.77. The Kier molecular flexibility index (Phi) is 4.81. The normalized spacial score (nSPS) is 12.6. The van der Waals surface area contributed by atoms with Crippen molar-refractivity contribution in [3.05, 3.63) is 94.0 Å². The molecule has 0 atom stereocenters. The second kappa shape index (κ2) is 7.46. The molecule has 0 bridgehead atoms. The summed E-state index contributed by atoms with van der Waals surface area (Å²) in [7, 11) is 0. The molecule has 0 saturated carbocycles. The summed E-state index contributed by atoms with van der Waals surface area (Å²) in [6.45, 7) is 0. The standard InChI is InChI=1S/C22H13ClN2O5/c23-13-6-8-14(9-7-13)25-20(27)15-10-5-12(11-17(15)21(25)28)19(26)24-18-4-2-1-3-16(18)22(29)30/h1-11H,(H,24,26)(H,29,30)/p-1. The molecule has 0 saturated heterocycles. The average molecular weight is 420 g/mol. The molecule has 3 amide bonds. The Morgan fingerprint density at radius 1 is 0.867 bits per heavy atom. The Morgan fingerprint density at radius 2 is 1.53 bits per heavy atom. The number of imide groups is 1. The van der Waals surface area contributed by atoms with Gasteiger partial charge in [0.05, 0.1) is 28.5 Å². The predicted molar refractivity (Wildman–Crippen MR) is 108 cm³/mol. The number of benzene rings is 3. The highest BCUT2D eigenvalue weighted by Crippen LogP contribution is 2.30. The molecule has 30 heavy (non-hydrogen) atoms. The van der Waals surface area contributed by atoms with Crippen molar-refractivity contribution in [1.29, 1.82) is 0 Å². The number of amides is 3. The zero-order valence-electron chi connectivity index (χ0n) is 15.2. The van der Waals surface area contributed by atoms with Crippen LogP contribution in [-0.2, 0) is 0 Å². The van der Waals surface area contributed by atoms with E-state index in [1.54, 1.807) is 30.3 Å². The maximum atomic E-state index is 12.8. The van der Waals surface area contributed by atoms with E-state index in [4.69, 9.17) is 11.6 Å². The van der Waals surface area contributed by atoms with E-state index < -0.39 is 23.7 Å². The van der Waals surface area contributed by atoms with E-state index in [0.717, 1.165) is 4.90 Å². The van der Waals surface area contributed by atoms with E-state index >= 15 is 0 Å². The van der Waals surface area contributed by atoms with E-state index in [2.05, 4.69) is 5.32 Å². The van der Waals surface area contributed by atoms with Gasteiger partial charge in [0.15, 0.2) is 0 Å². The smallest absolute Gasteiger partial charge is 0.266 e. The number of carboxylic acid groups (broad SMARTS) is 1. The number of aromatic carboxylic acids is 1. The van der Waals surface area contributed by atoms with E-state index in [0.29, 0.717) is 10.7 Å². The second-order valence-corrected chi connectivity index (χ2v) is 6.91. The van der Waals surface area contributed by atoms with Crippen LogP contribution >= 0.6 is 11.6 Å². The summed E-state index contributed by atoms with van der Waals surface area (Å²) in [5.41, 5.74) is 0.596. The summed E-state index contributed by atoms with van der Waals surface area (Å²) in [5.74, 6) is -3.13. The molecule has 8 heteroatoms. The number of hydrogen-bond acceptors (Lipinski definition) is 5. The van der Waals surface area contributed by atoms with Crippen LogP contribution in [0.25, 0.3) is 0 Å². The number of nitrogens with zero attached hydrogens (tertiary/aromatic N) is 1.